The summed E-state index contributed by atoms with van der Waals surface area (Å²) in [7, 11) is -2.10. The molecule has 0 saturated heterocycles. The largest absolute Gasteiger partial charge is 0.300 e. The van der Waals surface area contributed by atoms with Crippen LogP contribution in [0.1, 0.15) is 27.2 Å². The molecule has 0 heterocycles. The van der Waals surface area contributed by atoms with Crippen LogP contribution in [-0.2, 0) is 14.3 Å². The summed E-state index contributed by atoms with van der Waals surface area (Å²) in [5.41, 5.74) is 0. The molecule has 0 atom stereocenters. The van der Waals surface area contributed by atoms with Gasteiger partial charge in [-0.2, -0.15) is 8.42 Å². The average molecular weight is 223 g/mol. The molecular weight excluding hydrogens is 202 g/mol. The van der Waals surface area contributed by atoms with Gasteiger partial charge in [0.25, 0.3) is 10.1 Å². The average Bonchev–Trinajstić information content (AvgIpc) is 2.12. The molecule has 0 aliphatic carbocycles. The van der Waals surface area contributed by atoms with E-state index in [2.05, 4.69) is 29.9 Å². The van der Waals surface area contributed by atoms with Gasteiger partial charge in [0.05, 0.1) is 12.9 Å². The molecule has 86 valence electrons. The van der Waals surface area contributed by atoms with E-state index in [0.29, 0.717) is 12.6 Å². The minimum atomic E-state index is -3.31. The zero-order valence-corrected chi connectivity index (χ0v) is 10.3. The van der Waals surface area contributed by atoms with Gasteiger partial charge in [-0.1, -0.05) is 6.92 Å². The van der Waals surface area contributed by atoms with Crippen molar-refractivity contribution in [2.24, 2.45) is 0 Å². The highest BCUT2D eigenvalue weighted by Gasteiger charge is 2.14. The van der Waals surface area contributed by atoms with E-state index >= 15 is 0 Å². The van der Waals surface area contributed by atoms with Crippen molar-refractivity contribution in [3.8, 4) is 0 Å². The van der Waals surface area contributed by atoms with Crippen LogP contribution < -0.4 is 0 Å². The molecule has 0 radical (unpaired) electrons. The second-order valence-electron chi connectivity index (χ2n) is 3.56. The van der Waals surface area contributed by atoms with E-state index in [4.69, 9.17) is 0 Å². The van der Waals surface area contributed by atoms with Crippen LogP contribution in [0.5, 0.6) is 0 Å². The number of rotatable bonds is 7. The van der Waals surface area contributed by atoms with Crippen molar-refractivity contribution in [2.75, 3.05) is 26.0 Å². The van der Waals surface area contributed by atoms with Gasteiger partial charge in [-0.25, -0.2) is 0 Å². The van der Waals surface area contributed by atoms with E-state index in [-0.39, 0.29) is 5.75 Å². The molecule has 0 saturated carbocycles. The second-order valence-corrected chi connectivity index (χ2v) is 5.42. The number of nitrogens with zero attached hydrogens (tertiary/aromatic N) is 1. The molecule has 0 fully saturated rings. The fourth-order valence-electron chi connectivity index (χ4n) is 1.23. The standard InChI is InChI=1S/C9H21NO3S/c1-5-6-10(9(2)3)7-8-14(11,12)13-4/h9H,5-8H2,1-4H3. The molecule has 5 heteroatoms. The summed E-state index contributed by atoms with van der Waals surface area (Å²) in [6, 6.07) is 0.377. The summed E-state index contributed by atoms with van der Waals surface area (Å²) in [5, 5.41) is 0. The third-order valence-electron chi connectivity index (χ3n) is 2.12. The molecule has 0 spiro atoms. The van der Waals surface area contributed by atoms with Crippen LogP contribution in [0.2, 0.25) is 0 Å². The Balaban J connectivity index is 4.06. The molecule has 0 aromatic carbocycles. The van der Waals surface area contributed by atoms with Gasteiger partial charge in [-0.15, -0.1) is 0 Å². The predicted octanol–water partition coefficient (Wildman–Crippen LogP) is 1.08. The van der Waals surface area contributed by atoms with Crippen LogP contribution in [0.3, 0.4) is 0 Å². The monoisotopic (exact) mass is 223 g/mol. The van der Waals surface area contributed by atoms with Crippen molar-refractivity contribution >= 4 is 10.1 Å². The maximum atomic E-state index is 11.1. The quantitative estimate of drug-likeness (QED) is 0.606. The van der Waals surface area contributed by atoms with Crippen LogP contribution in [0.4, 0.5) is 0 Å². The first-order chi connectivity index (χ1) is 6.43. The van der Waals surface area contributed by atoms with Crippen molar-refractivity contribution < 1.29 is 12.6 Å². The van der Waals surface area contributed by atoms with E-state index < -0.39 is 10.1 Å². The van der Waals surface area contributed by atoms with Crippen LogP contribution in [0.15, 0.2) is 0 Å². The highest BCUT2D eigenvalue weighted by atomic mass is 32.2. The van der Waals surface area contributed by atoms with Gasteiger partial charge in [0, 0.05) is 12.6 Å². The van der Waals surface area contributed by atoms with Gasteiger partial charge in [-0.3, -0.25) is 9.08 Å². The Bertz CT molecular complexity index is 236. The van der Waals surface area contributed by atoms with E-state index in [0.717, 1.165) is 13.0 Å². The van der Waals surface area contributed by atoms with Crippen LogP contribution in [0, 0.1) is 0 Å². The minimum Gasteiger partial charge on any atom is -0.300 e. The van der Waals surface area contributed by atoms with E-state index in [9.17, 15) is 8.42 Å². The Morgan fingerprint density at radius 2 is 1.86 bits per heavy atom. The molecule has 0 bridgehead atoms. The third kappa shape index (κ3) is 5.57. The smallest absolute Gasteiger partial charge is 0.268 e. The first-order valence-corrected chi connectivity index (χ1v) is 6.53. The number of hydrogen-bond acceptors (Lipinski definition) is 4. The molecule has 0 aromatic rings. The van der Waals surface area contributed by atoms with Gasteiger partial charge in [0.2, 0.25) is 0 Å². The maximum absolute atomic E-state index is 11.1. The summed E-state index contributed by atoms with van der Waals surface area (Å²) in [5.74, 6) is 0.0711. The Labute approximate surface area is 87.4 Å². The van der Waals surface area contributed by atoms with Crippen molar-refractivity contribution in [3.05, 3.63) is 0 Å². The van der Waals surface area contributed by atoms with Crippen LogP contribution >= 0.6 is 0 Å². The summed E-state index contributed by atoms with van der Waals surface area (Å²) in [6.45, 7) is 7.68. The second kappa shape index (κ2) is 6.37. The Morgan fingerprint density at radius 3 is 2.21 bits per heavy atom. The molecule has 0 aromatic heterocycles. The van der Waals surface area contributed by atoms with E-state index in [1.807, 2.05) is 0 Å². The van der Waals surface area contributed by atoms with Crippen LogP contribution in [-0.4, -0.2) is 45.3 Å². The zero-order valence-electron chi connectivity index (χ0n) is 9.49. The predicted molar refractivity (Wildman–Crippen MR) is 57.8 cm³/mol. The Hall–Kier alpha value is -0.130. The highest BCUT2D eigenvalue weighted by Crippen LogP contribution is 2.01. The molecule has 0 aliphatic rings. The molecule has 0 unspecified atom stereocenters. The van der Waals surface area contributed by atoms with Crippen LogP contribution in [0.25, 0.3) is 0 Å². The van der Waals surface area contributed by atoms with Gasteiger partial charge in [0.1, 0.15) is 0 Å². The van der Waals surface area contributed by atoms with Gasteiger partial charge < -0.3 is 0 Å². The molecule has 4 nitrogen and oxygen atoms in total. The van der Waals surface area contributed by atoms with Crippen molar-refractivity contribution in [1.29, 1.82) is 0 Å². The topological polar surface area (TPSA) is 46.6 Å². The lowest BCUT2D eigenvalue weighted by molar-refractivity contribution is 0.233. The summed E-state index contributed by atoms with van der Waals surface area (Å²) < 4.78 is 26.6. The Morgan fingerprint density at radius 1 is 1.29 bits per heavy atom. The SMILES string of the molecule is CCCN(CCS(=O)(=O)OC)C(C)C. The van der Waals surface area contributed by atoms with Crippen molar-refractivity contribution in [3.63, 3.8) is 0 Å². The molecule has 0 amide bonds. The zero-order chi connectivity index (χ0) is 11.2. The number of hydrogen-bond donors (Lipinski definition) is 0. The minimum absolute atomic E-state index is 0.0711. The molecule has 0 rings (SSSR count). The fourth-order valence-corrected chi connectivity index (χ4v) is 1.85. The summed E-state index contributed by atoms with van der Waals surface area (Å²) in [4.78, 5) is 2.14. The Kier molecular flexibility index (Phi) is 6.31. The molecule has 0 N–H and O–H groups in total. The fraction of sp³-hybridized carbons (Fsp3) is 1.00. The summed E-state index contributed by atoms with van der Waals surface area (Å²) >= 11 is 0. The van der Waals surface area contributed by atoms with Gasteiger partial charge in [-0.05, 0) is 26.8 Å². The maximum Gasteiger partial charge on any atom is 0.268 e. The lowest BCUT2D eigenvalue weighted by atomic mass is 10.3. The van der Waals surface area contributed by atoms with Gasteiger partial charge in [0.15, 0.2) is 0 Å². The molecule has 0 aliphatic heterocycles. The first-order valence-electron chi connectivity index (χ1n) is 4.95. The normalized spacial score (nSPS) is 12.7. The van der Waals surface area contributed by atoms with Crippen molar-refractivity contribution in [1.82, 2.24) is 4.90 Å². The molecule has 14 heavy (non-hydrogen) atoms. The van der Waals surface area contributed by atoms with E-state index in [1.165, 1.54) is 7.11 Å². The lowest BCUT2D eigenvalue weighted by Gasteiger charge is -2.25. The molecular formula is C9H21NO3S. The first kappa shape index (κ1) is 13.9. The van der Waals surface area contributed by atoms with E-state index in [1.54, 1.807) is 0 Å². The van der Waals surface area contributed by atoms with Gasteiger partial charge >= 0.3 is 0 Å². The third-order valence-corrected chi connectivity index (χ3v) is 3.31. The summed E-state index contributed by atoms with van der Waals surface area (Å²) in [6.07, 6.45) is 1.03. The highest BCUT2D eigenvalue weighted by molar-refractivity contribution is 7.86. The lowest BCUT2D eigenvalue weighted by Crippen LogP contribution is -2.35. The van der Waals surface area contributed by atoms with Crippen molar-refractivity contribution in [2.45, 2.75) is 33.2 Å².